The lowest BCUT2D eigenvalue weighted by atomic mass is 10.2. The smallest absolute Gasteiger partial charge is 0.0257 e. The zero-order valence-electron chi connectivity index (χ0n) is 6.98. The van der Waals surface area contributed by atoms with E-state index >= 15 is 0 Å². The lowest BCUT2D eigenvalue weighted by Crippen LogP contribution is -1.66. The van der Waals surface area contributed by atoms with Crippen molar-refractivity contribution < 1.29 is 0 Å². The van der Waals surface area contributed by atoms with E-state index in [1.165, 1.54) is 5.56 Å². The predicted molar refractivity (Wildman–Crippen MR) is 54.8 cm³/mol. The molecule has 60 valence electrons. The summed E-state index contributed by atoms with van der Waals surface area (Å²) in [5.74, 6) is 0. The SMILES string of the molecule is C=C/C=C/C=C/c1ccccc1. The van der Waals surface area contributed by atoms with Gasteiger partial charge in [-0.05, 0) is 5.56 Å². The van der Waals surface area contributed by atoms with Gasteiger partial charge in [0.25, 0.3) is 0 Å². The quantitative estimate of drug-likeness (QED) is 0.588. The van der Waals surface area contributed by atoms with Gasteiger partial charge in [-0.1, -0.05) is 67.3 Å². The van der Waals surface area contributed by atoms with Gasteiger partial charge in [0.15, 0.2) is 0 Å². The highest BCUT2D eigenvalue weighted by Gasteiger charge is 1.78. The van der Waals surface area contributed by atoms with Gasteiger partial charge in [0.2, 0.25) is 0 Å². The van der Waals surface area contributed by atoms with Gasteiger partial charge in [0, 0.05) is 0 Å². The summed E-state index contributed by atoms with van der Waals surface area (Å²) < 4.78 is 0. The molecule has 0 saturated carbocycles. The van der Waals surface area contributed by atoms with Gasteiger partial charge in [0.1, 0.15) is 0 Å². The molecule has 0 nitrogen and oxygen atoms in total. The van der Waals surface area contributed by atoms with Crippen LogP contribution in [-0.2, 0) is 0 Å². The van der Waals surface area contributed by atoms with Crippen molar-refractivity contribution in [3.63, 3.8) is 0 Å². The van der Waals surface area contributed by atoms with Crippen LogP contribution in [0, 0.1) is 0 Å². The van der Waals surface area contributed by atoms with E-state index in [0.717, 1.165) is 0 Å². The number of hydrogen-bond acceptors (Lipinski definition) is 0. The summed E-state index contributed by atoms with van der Waals surface area (Å²) in [5.41, 5.74) is 1.21. The fourth-order valence-corrected chi connectivity index (χ4v) is 0.874. The average Bonchev–Trinajstić information content (AvgIpc) is 2.14. The number of allylic oxidation sites excluding steroid dienone is 4. The normalized spacial score (nSPS) is 11.0. The van der Waals surface area contributed by atoms with Crippen LogP contribution in [0.5, 0.6) is 0 Å². The molecule has 0 bridgehead atoms. The van der Waals surface area contributed by atoms with E-state index in [1.807, 2.05) is 36.4 Å². The van der Waals surface area contributed by atoms with E-state index < -0.39 is 0 Å². The molecule has 0 heterocycles. The third kappa shape index (κ3) is 3.02. The number of hydrogen-bond donors (Lipinski definition) is 0. The second kappa shape index (κ2) is 5.14. The van der Waals surface area contributed by atoms with E-state index in [-0.39, 0.29) is 0 Å². The highest BCUT2D eigenvalue weighted by molar-refractivity contribution is 5.50. The minimum absolute atomic E-state index is 1.21. The summed E-state index contributed by atoms with van der Waals surface area (Å²) in [6.07, 6.45) is 9.67. The Morgan fingerprint density at radius 1 is 0.917 bits per heavy atom. The van der Waals surface area contributed by atoms with Crippen molar-refractivity contribution in [1.29, 1.82) is 0 Å². The monoisotopic (exact) mass is 156 g/mol. The van der Waals surface area contributed by atoms with E-state index in [1.54, 1.807) is 6.08 Å². The summed E-state index contributed by atoms with van der Waals surface area (Å²) in [4.78, 5) is 0. The van der Waals surface area contributed by atoms with Gasteiger partial charge in [0.05, 0.1) is 0 Å². The molecule has 0 aliphatic carbocycles. The zero-order valence-corrected chi connectivity index (χ0v) is 6.98. The van der Waals surface area contributed by atoms with Crippen LogP contribution >= 0.6 is 0 Å². The Kier molecular flexibility index (Phi) is 3.65. The van der Waals surface area contributed by atoms with E-state index in [4.69, 9.17) is 0 Å². The van der Waals surface area contributed by atoms with Crippen LogP contribution in [0.4, 0.5) is 0 Å². The van der Waals surface area contributed by atoms with Crippen LogP contribution < -0.4 is 0 Å². The molecule has 0 amide bonds. The molecule has 0 aromatic heterocycles. The first-order chi connectivity index (χ1) is 5.93. The van der Waals surface area contributed by atoms with Crippen molar-refractivity contribution in [2.45, 2.75) is 0 Å². The summed E-state index contributed by atoms with van der Waals surface area (Å²) >= 11 is 0. The molecule has 0 aliphatic heterocycles. The van der Waals surface area contributed by atoms with Crippen molar-refractivity contribution in [2.24, 2.45) is 0 Å². The summed E-state index contributed by atoms with van der Waals surface area (Å²) in [6.45, 7) is 3.58. The third-order valence-corrected chi connectivity index (χ3v) is 1.45. The molecular formula is C12H12. The van der Waals surface area contributed by atoms with Gasteiger partial charge in [-0.2, -0.15) is 0 Å². The van der Waals surface area contributed by atoms with Crippen LogP contribution in [0.15, 0.2) is 61.2 Å². The van der Waals surface area contributed by atoms with Crippen molar-refractivity contribution in [3.8, 4) is 0 Å². The lowest BCUT2D eigenvalue weighted by molar-refractivity contribution is 1.66. The maximum Gasteiger partial charge on any atom is -0.0257 e. The van der Waals surface area contributed by atoms with E-state index in [9.17, 15) is 0 Å². The topological polar surface area (TPSA) is 0 Å². The van der Waals surface area contributed by atoms with Gasteiger partial charge < -0.3 is 0 Å². The Morgan fingerprint density at radius 2 is 1.67 bits per heavy atom. The average molecular weight is 156 g/mol. The molecule has 1 aromatic rings. The van der Waals surface area contributed by atoms with Crippen LogP contribution in [0.1, 0.15) is 5.56 Å². The van der Waals surface area contributed by atoms with Crippen LogP contribution in [-0.4, -0.2) is 0 Å². The first-order valence-corrected chi connectivity index (χ1v) is 3.94. The predicted octanol–water partition coefficient (Wildman–Crippen LogP) is 3.44. The third-order valence-electron chi connectivity index (χ3n) is 1.45. The first kappa shape index (κ1) is 8.54. The Morgan fingerprint density at radius 3 is 2.33 bits per heavy atom. The fraction of sp³-hybridized carbons (Fsp3) is 0. The molecule has 0 radical (unpaired) electrons. The van der Waals surface area contributed by atoms with E-state index in [0.29, 0.717) is 0 Å². The molecule has 0 atom stereocenters. The van der Waals surface area contributed by atoms with Gasteiger partial charge in [-0.15, -0.1) is 0 Å². The number of rotatable bonds is 3. The Balaban J connectivity index is 2.58. The summed E-state index contributed by atoms with van der Waals surface area (Å²) in [5, 5.41) is 0. The minimum atomic E-state index is 1.21. The van der Waals surface area contributed by atoms with Gasteiger partial charge in [-0.3, -0.25) is 0 Å². The second-order valence-corrected chi connectivity index (χ2v) is 2.39. The Bertz CT molecular complexity index is 278. The molecule has 0 heteroatoms. The van der Waals surface area contributed by atoms with Crippen LogP contribution in [0.25, 0.3) is 6.08 Å². The van der Waals surface area contributed by atoms with Gasteiger partial charge in [-0.25, -0.2) is 0 Å². The molecule has 0 aliphatic rings. The highest BCUT2D eigenvalue weighted by Crippen LogP contribution is 2.00. The molecule has 0 saturated heterocycles. The zero-order chi connectivity index (χ0) is 8.65. The molecule has 0 spiro atoms. The first-order valence-electron chi connectivity index (χ1n) is 3.94. The maximum absolute atomic E-state index is 3.58. The van der Waals surface area contributed by atoms with Crippen molar-refractivity contribution >= 4 is 6.08 Å². The summed E-state index contributed by atoms with van der Waals surface area (Å²) in [7, 11) is 0. The molecular weight excluding hydrogens is 144 g/mol. The standard InChI is InChI=1S/C12H12/c1-2-3-4-6-9-12-10-7-5-8-11-12/h2-11H,1H2/b4-3+,9-6+. The van der Waals surface area contributed by atoms with Crippen molar-refractivity contribution in [2.75, 3.05) is 0 Å². The molecule has 0 fully saturated rings. The fourth-order valence-electron chi connectivity index (χ4n) is 0.874. The van der Waals surface area contributed by atoms with Crippen molar-refractivity contribution in [3.05, 3.63) is 66.8 Å². The minimum Gasteiger partial charge on any atom is -0.0991 e. The second-order valence-electron chi connectivity index (χ2n) is 2.39. The molecule has 0 unspecified atom stereocenters. The summed E-state index contributed by atoms with van der Waals surface area (Å²) in [6, 6.07) is 10.2. The number of benzene rings is 1. The molecule has 1 aromatic carbocycles. The highest BCUT2D eigenvalue weighted by atomic mass is 13.8. The maximum atomic E-state index is 3.58. The van der Waals surface area contributed by atoms with Crippen molar-refractivity contribution in [1.82, 2.24) is 0 Å². The molecule has 12 heavy (non-hydrogen) atoms. The van der Waals surface area contributed by atoms with E-state index in [2.05, 4.69) is 24.8 Å². The van der Waals surface area contributed by atoms with Gasteiger partial charge >= 0.3 is 0 Å². The Hall–Kier alpha value is -1.56. The Labute approximate surface area is 73.6 Å². The lowest BCUT2D eigenvalue weighted by Gasteiger charge is -1.87. The largest absolute Gasteiger partial charge is 0.0991 e. The van der Waals surface area contributed by atoms with Crippen LogP contribution in [0.3, 0.4) is 0 Å². The van der Waals surface area contributed by atoms with Crippen LogP contribution in [0.2, 0.25) is 0 Å². The molecule has 1 rings (SSSR count). The molecule has 0 N–H and O–H groups in total.